The van der Waals surface area contributed by atoms with Crippen LogP contribution in [0.1, 0.15) is 21.6 Å². The van der Waals surface area contributed by atoms with Crippen LogP contribution in [0.4, 0.5) is 10.2 Å². The number of hydrogen-bond donors (Lipinski definition) is 2. The smallest absolute Gasteiger partial charge is 0.275 e. The average molecular weight is 339 g/mol. The quantitative estimate of drug-likeness (QED) is 0.719. The second kappa shape index (κ2) is 7.57. The summed E-state index contributed by atoms with van der Waals surface area (Å²) >= 11 is 0. The Morgan fingerprint density at radius 1 is 1.12 bits per heavy atom. The van der Waals surface area contributed by atoms with Crippen molar-refractivity contribution in [2.24, 2.45) is 0 Å². The molecule has 25 heavy (non-hydrogen) atoms. The number of nitrogens with zero attached hydrogens (tertiary/aromatic N) is 3. The van der Waals surface area contributed by atoms with Crippen molar-refractivity contribution in [3.05, 3.63) is 77.2 Å². The van der Waals surface area contributed by atoms with Gasteiger partial charge in [0.25, 0.3) is 5.91 Å². The number of nitrogen functional groups attached to an aromatic ring is 1. The molecule has 6 nitrogen and oxygen atoms in total. The van der Waals surface area contributed by atoms with Crippen molar-refractivity contribution in [2.75, 3.05) is 12.3 Å². The average Bonchev–Trinajstić information content (AvgIpc) is 2.96. The van der Waals surface area contributed by atoms with Gasteiger partial charge < -0.3 is 11.1 Å². The van der Waals surface area contributed by atoms with Gasteiger partial charge in [0.1, 0.15) is 5.82 Å². The number of rotatable bonds is 6. The lowest BCUT2D eigenvalue weighted by Crippen LogP contribution is -2.27. The van der Waals surface area contributed by atoms with Crippen molar-refractivity contribution >= 4 is 11.7 Å². The molecule has 0 saturated heterocycles. The Morgan fingerprint density at radius 3 is 2.64 bits per heavy atom. The summed E-state index contributed by atoms with van der Waals surface area (Å²) in [5.74, 6) is -0.560. The zero-order valence-electron chi connectivity index (χ0n) is 13.5. The van der Waals surface area contributed by atoms with Crippen molar-refractivity contribution in [1.82, 2.24) is 20.3 Å². The molecule has 1 heterocycles. The Hall–Kier alpha value is -3.22. The van der Waals surface area contributed by atoms with Gasteiger partial charge in [0.05, 0.1) is 6.54 Å². The number of amides is 1. The van der Waals surface area contributed by atoms with Crippen LogP contribution in [0.15, 0.2) is 54.6 Å². The molecule has 0 spiro atoms. The minimum absolute atomic E-state index is 0.0736. The van der Waals surface area contributed by atoms with E-state index < -0.39 is 0 Å². The molecular formula is C18H18FN5O. The Balaban J connectivity index is 1.61. The van der Waals surface area contributed by atoms with E-state index in [4.69, 9.17) is 5.73 Å². The molecule has 0 aliphatic carbocycles. The fourth-order valence-corrected chi connectivity index (χ4v) is 2.46. The van der Waals surface area contributed by atoms with Crippen LogP contribution >= 0.6 is 0 Å². The molecule has 7 heteroatoms. The maximum absolute atomic E-state index is 13.2. The number of benzene rings is 2. The van der Waals surface area contributed by atoms with Crippen molar-refractivity contribution in [2.45, 2.75) is 13.0 Å². The van der Waals surface area contributed by atoms with Crippen LogP contribution in [0, 0.1) is 5.82 Å². The van der Waals surface area contributed by atoms with Gasteiger partial charge in [0.2, 0.25) is 0 Å². The lowest BCUT2D eigenvalue weighted by Gasteiger charge is -2.05. The lowest BCUT2D eigenvalue weighted by atomic mass is 10.1. The lowest BCUT2D eigenvalue weighted by molar-refractivity contribution is 0.0950. The Labute approximate surface area is 144 Å². The van der Waals surface area contributed by atoms with E-state index in [0.717, 1.165) is 5.56 Å². The number of anilines is 1. The second-order valence-electron chi connectivity index (χ2n) is 5.60. The van der Waals surface area contributed by atoms with E-state index in [9.17, 15) is 9.18 Å². The highest BCUT2D eigenvalue weighted by Crippen LogP contribution is 2.12. The number of hydrogen-bond acceptors (Lipinski definition) is 4. The predicted octanol–water partition coefficient (Wildman–Crippen LogP) is 2.02. The minimum Gasteiger partial charge on any atom is -0.382 e. The van der Waals surface area contributed by atoms with Gasteiger partial charge >= 0.3 is 0 Å². The molecule has 0 fully saturated rings. The summed E-state index contributed by atoms with van der Waals surface area (Å²) in [7, 11) is 0. The van der Waals surface area contributed by atoms with Crippen LogP contribution in [0.5, 0.6) is 0 Å². The molecule has 1 amide bonds. The first kappa shape index (κ1) is 16.6. The van der Waals surface area contributed by atoms with Crippen molar-refractivity contribution in [3.8, 4) is 0 Å². The maximum atomic E-state index is 13.2. The second-order valence-corrected chi connectivity index (χ2v) is 5.60. The van der Waals surface area contributed by atoms with Crippen LogP contribution in [-0.2, 0) is 13.0 Å². The van der Waals surface area contributed by atoms with Gasteiger partial charge in [-0.3, -0.25) is 4.79 Å². The summed E-state index contributed by atoms with van der Waals surface area (Å²) in [6, 6.07) is 15.9. The molecule has 3 N–H and O–H groups in total. The Kier molecular flexibility index (Phi) is 5.03. The van der Waals surface area contributed by atoms with Crippen LogP contribution in [0.2, 0.25) is 0 Å². The monoisotopic (exact) mass is 339 g/mol. The topological polar surface area (TPSA) is 85.8 Å². The minimum atomic E-state index is -0.376. The number of nitrogens with two attached hydrogens (primary N) is 1. The van der Waals surface area contributed by atoms with E-state index in [0.29, 0.717) is 18.5 Å². The van der Waals surface area contributed by atoms with Crippen LogP contribution in [0.25, 0.3) is 0 Å². The van der Waals surface area contributed by atoms with Crippen LogP contribution < -0.4 is 11.1 Å². The van der Waals surface area contributed by atoms with Crippen molar-refractivity contribution in [1.29, 1.82) is 0 Å². The van der Waals surface area contributed by atoms with E-state index in [1.807, 2.05) is 30.3 Å². The van der Waals surface area contributed by atoms with Gasteiger partial charge in [0, 0.05) is 6.54 Å². The highest BCUT2D eigenvalue weighted by atomic mass is 19.1. The van der Waals surface area contributed by atoms with E-state index in [1.54, 1.807) is 12.1 Å². The molecule has 128 valence electrons. The molecule has 0 radical (unpaired) electrons. The first-order chi connectivity index (χ1) is 12.1. The Morgan fingerprint density at radius 2 is 1.88 bits per heavy atom. The third kappa shape index (κ3) is 4.20. The molecule has 2 aromatic carbocycles. The zero-order chi connectivity index (χ0) is 17.6. The first-order valence-corrected chi connectivity index (χ1v) is 7.89. The summed E-state index contributed by atoms with van der Waals surface area (Å²) in [6.45, 7) is 0.715. The third-order valence-corrected chi connectivity index (χ3v) is 3.75. The number of nitrogens with one attached hydrogen (secondary N) is 1. The molecule has 0 bridgehead atoms. The highest BCUT2D eigenvalue weighted by molar-refractivity contribution is 5.96. The van der Waals surface area contributed by atoms with E-state index in [2.05, 4.69) is 15.6 Å². The van der Waals surface area contributed by atoms with E-state index >= 15 is 0 Å². The normalized spacial score (nSPS) is 10.6. The van der Waals surface area contributed by atoms with E-state index in [1.165, 1.54) is 16.8 Å². The summed E-state index contributed by atoms with van der Waals surface area (Å²) in [5.41, 5.74) is 7.85. The summed E-state index contributed by atoms with van der Waals surface area (Å²) < 4.78 is 14.6. The molecule has 0 saturated carbocycles. The SMILES string of the molecule is Nc1c(C(=O)NCCc2ccccc2)nnn1Cc1cccc(F)c1. The van der Waals surface area contributed by atoms with Gasteiger partial charge in [-0.15, -0.1) is 5.10 Å². The first-order valence-electron chi connectivity index (χ1n) is 7.89. The van der Waals surface area contributed by atoms with E-state index in [-0.39, 0.29) is 29.8 Å². The molecule has 3 aromatic rings. The largest absolute Gasteiger partial charge is 0.382 e. The number of aromatic nitrogens is 3. The van der Waals surface area contributed by atoms with Crippen LogP contribution in [-0.4, -0.2) is 27.4 Å². The van der Waals surface area contributed by atoms with Gasteiger partial charge in [-0.25, -0.2) is 9.07 Å². The molecule has 0 unspecified atom stereocenters. The third-order valence-electron chi connectivity index (χ3n) is 3.75. The highest BCUT2D eigenvalue weighted by Gasteiger charge is 2.17. The maximum Gasteiger partial charge on any atom is 0.275 e. The fraction of sp³-hybridized carbons (Fsp3) is 0.167. The molecule has 1 aromatic heterocycles. The number of carbonyl (C=O) groups is 1. The molecular weight excluding hydrogens is 321 g/mol. The molecule has 0 aliphatic rings. The standard InChI is InChI=1S/C18H18FN5O/c19-15-8-4-7-14(11-15)12-24-17(20)16(22-23-24)18(25)21-10-9-13-5-2-1-3-6-13/h1-8,11H,9-10,12,20H2,(H,21,25). The van der Waals surface area contributed by atoms with Gasteiger partial charge in [-0.05, 0) is 29.7 Å². The number of carbonyl (C=O) groups excluding carboxylic acids is 1. The fourth-order valence-electron chi connectivity index (χ4n) is 2.46. The van der Waals surface area contributed by atoms with Crippen LogP contribution in [0.3, 0.4) is 0 Å². The summed E-state index contributed by atoms with van der Waals surface area (Å²) in [4.78, 5) is 12.2. The molecule has 3 rings (SSSR count). The van der Waals surface area contributed by atoms with Gasteiger partial charge in [0.15, 0.2) is 11.5 Å². The zero-order valence-corrected chi connectivity index (χ0v) is 13.5. The molecule has 0 aliphatic heterocycles. The van der Waals surface area contributed by atoms with Crippen molar-refractivity contribution < 1.29 is 9.18 Å². The van der Waals surface area contributed by atoms with Crippen molar-refractivity contribution in [3.63, 3.8) is 0 Å². The summed E-state index contributed by atoms with van der Waals surface area (Å²) in [5, 5.41) is 10.5. The molecule has 0 atom stereocenters. The summed E-state index contributed by atoms with van der Waals surface area (Å²) in [6.07, 6.45) is 0.712. The Bertz CT molecular complexity index is 863. The number of halogens is 1. The van der Waals surface area contributed by atoms with Gasteiger partial charge in [-0.2, -0.15) is 0 Å². The predicted molar refractivity (Wildman–Crippen MR) is 92.4 cm³/mol. The van der Waals surface area contributed by atoms with Gasteiger partial charge in [-0.1, -0.05) is 47.7 Å².